The minimum Gasteiger partial charge on any atom is -0.494 e. The fourth-order valence-electron chi connectivity index (χ4n) is 5.56. The van der Waals surface area contributed by atoms with Crippen molar-refractivity contribution in [2.75, 3.05) is 30.8 Å². The number of carbonyl (C=O) groups excluding carboxylic acids is 1. The van der Waals surface area contributed by atoms with Crippen LogP contribution in [-0.4, -0.2) is 77.4 Å². The molecule has 41 heavy (non-hydrogen) atoms. The first-order chi connectivity index (χ1) is 19.5. The number of alkyl halides is 2. The summed E-state index contributed by atoms with van der Waals surface area (Å²) in [6.07, 6.45) is 3.52. The number of benzene rings is 1. The van der Waals surface area contributed by atoms with E-state index in [9.17, 15) is 22.0 Å². The van der Waals surface area contributed by atoms with E-state index in [0.717, 1.165) is 25.5 Å². The van der Waals surface area contributed by atoms with E-state index in [2.05, 4.69) is 4.98 Å². The van der Waals surface area contributed by atoms with Crippen molar-refractivity contribution in [3.63, 3.8) is 0 Å². The van der Waals surface area contributed by atoms with Gasteiger partial charge in [-0.15, -0.1) is 0 Å². The summed E-state index contributed by atoms with van der Waals surface area (Å²) < 4.78 is 61.3. The van der Waals surface area contributed by atoms with Gasteiger partial charge in [-0.05, 0) is 55.5 Å². The third-order valence-corrected chi connectivity index (χ3v) is 8.83. The van der Waals surface area contributed by atoms with Crippen molar-refractivity contribution in [1.29, 1.82) is 0 Å². The summed E-state index contributed by atoms with van der Waals surface area (Å²) in [4.78, 5) is 24.3. The number of pyridine rings is 1. The predicted octanol–water partition coefficient (Wildman–Crippen LogP) is 3.17. The summed E-state index contributed by atoms with van der Waals surface area (Å²) in [6, 6.07) is 8.14. The van der Waals surface area contributed by atoms with Gasteiger partial charge in [0.25, 0.3) is 5.91 Å². The van der Waals surface area contributed by atoms with Crippen LogP contribution < -0.4 is 14.8 Å². The van der Waals surface area contributed by atoms with E-state index in [4.69, 9.17) is 15.5 Å². The quantitative estimate of drug-likeness (QED) is 0.314. The first-order valence-corrected chi connectivity index (χ1v) is 15.2. The Balaban J connectivity index is 1.50. The van der Waals surface area contributed by atoms with Crippen molar-refractivity contribution in [2.24, 2.45) is 18.7 Å². The Bertz CT molecular complexity index is 1780. The number of anilines is 1. The van der Waals surface area contributed by atoms with Gasteiger partial charge in [-0.1, -0.05) is 0 Å². The van der Waals surface area contributed by atoms with Crippen LogP contribution in [0.5, 0.6) is 5.75 Å². The smallest absolute Gasteiger partial charge is 0.329 e. The molecule has 1 aliphatic carbocycles. The zero-order valence-corrected chi connectivity index (χ0v) is 23.7. The summed E-state index contributed by atoms with van der Waals surface area (Å²) in [5, 5.41) is 0.660. The van der Waals surface area contributed by atoms with Crippen LogP contribution in [0.25, 0.3) is 33.6 Å². The van der Waals surface area contributed by atoms with Crippen molar-refractivity contribution in [3.8, 4) is 17.3 Å². The van der Waals surface area contributed by atoms with Crippen LogP contribution >= 0.6 is 0 Å². The van der Waals surface area contributed by atoms with Crippen LogP contribution in [0.15, 0.2) is 30.3 Å². The predicted molar refractivity (Wildman–Crippen MR) is 151 cm³/mol. The number of nitrogens with two attached hydrogens (primary N) is 1. The molecule has 0 spiro atoms. The van der Waals surface area contributed by atoms with E-state index in [-0.39, 0.29) is 22.1 Å². The summed E-state index contributed by atoms with van der Waals surface area (Å²) in [5.74, 6) is 0.949. The van der Waals surface area contributed by atoms with Crippen LogP contribution in [0.2, 0.25) is 0 Å². The van der Waals surface area contributed by atoms with Gasteiger partial charge in [-0.2, -0.15) is 13.1 Å². The molecule has 4 heterocycles. The second-order valence-electron chi connectivity index (χ2n) is 10.8. The number of fused-ring (bicyclic) bond motifs is 2. The Labute approximate surface area is 235 Å². The fraction of sp³-hybridized carbons (Fsp3) is 0.444. The molecule has 0 unspecified atom stereocenters. The van der Waals surface area contributed by atoms with E-state index in [1.54, 1.807) is 23.1 Å². The molecule has 1 saturated carbocycles. The van der Waals surface area contributed by atoms with Crippen molar-refractivity contribution in [2.45, 2.75) is 38.4 Å². The number of halogens is 2. The van der Waals surface area contributed by atoms with Crippen LogP contribution in [0, 0.1) is 5.92 Å². The van der Waals surface area contributed by atoms with Gasteiger partial charge >= 0.3 is 6.55 Å². The summed E-state index contributed by atoms with van der Waals surface area (Å²) >= 11 is 0. The van der Waals surface area contributed by atoms with Crippen LogP contribution in [-0.2, 0) is 23.6 Å². The lowest BCUT2D eigenvalue weighted by Crippen LogP contribution is -2.35. The number of imidazole rings is 1. The third-order valence-electron chi connectivity index (χ3n) is 7.77. The number of hydrogen-bond acceptors (Lipinski definition) is 7. The number of aromatic nitrogens is 4. The first-order valence-electron chi connectivity index (χ1n) is 13.3. The zero-order chi connectivity index (χ0) is 29.2. The maximum Gasteiger partial charge on any atom is 0.329 e. The molecular formula is C27H31F2N7O4S. The summed E-state index contributed by atoms with van der Waals surface area (Å²) in [7, 11) is -0.887. The van der Waals surface area contributed by atoms with Gasteiger partial charge in [0.05, 0.1) is 24.6 Å². The normalized spacial score (nSPS) is 17.7. The van der Waals surface area contributed by atoms with Crippen molar-refractivity contribution in [3.05, 3.63) is 35.9 Å². The highest BCUT2D eigenvalue weighted by atomic mass is 32.2. The SMILES string of the molecule is COc1cc(C(=O)N2CC[C@@H](N)C2)cc2nc(-c3cc4ccc(N(C(F)F)S(C)(=O)=O)nc4n3CC3CC3)n(C)c12. The lowest BCUT2D eigenvalue weighted by Gasteiger charge is -2.20. The Morgan fingerprint density at radius 1 is 1.20 bits per heavy atom. The molecule has 1 saturated heterocycles. The number of aryl methyl sites for hydroxylation is 1. The fourth-order valence-corrected chi connectivity index (χ4v) is 6.29. The number of carbonyl (C=O) groups is 1. The van der Waals surface area contributed by atoms with E-state index in [0.29, 0.717) is 70.5 Å². The molecule has 2 fully saturated rings. The molecule has 11 nitrogen and oxygen atoms in total. The molecule has 218 valence electrons. The maximum atomic E-state index is 13.8. The van der Waals surface area contributed by atoms with Gasteiger partial charge in [-0.25, -0.2) is 18.4 Å². The van der Waals surface area contributed by atoms with Crippen LogP contribution in [0.1, 0.15) is 29.6 Å². The minimum absolute atomic E-state index is 0.0201. The summed E-state index contributed by atoms with van der Waals surface area (Å²) in [5.41, 5.74) is 8.79. The standard InChI is InChI=1S/C27H31F2N7O4S/c1-33-23-19(10-17(12-21(23)40-2)26(37)34-9-8-18(30)14-34)31-25(33)20-11-16-6-7-22(36(27(28)29)41(3,38)39)32-24(16)35(20)13-15-4-5-15/h6-7,10-12,15,18,27H,4-5,8-9,13-14,30H2,1-3H3/t18-/m1/s1. The number of methoxy groups -OCH3 is 1. The lowest BCUT2D eigenvalue weighted by molar-refractivity contribution is 0.0790. The summed E-state index contributed by atoms with van der Waals surface area (Å²) in [6.45, 7) is -1.62. The van der Waals surface area contributed by atoms with Gasteiger partial charge < -0.3 is 24.5 Å². The van der Waals surface area contributed by atoms with Crippen LogP contribution in [0.3, 0.4) is 0 Å². The van der Waals surface area contributed by atoms with E-state index in [1.807, 2.05) is 22.2 Å². The van der Waals surface area contributed by atoms with Crippen molar-refractivity contribution in [1.82, 2.24) is 24.0 Å². The molecule has 1 amide bonds. The average molecular weight is 588 g/mol. The molecule has 4 aromatic rings. The number of amides is 1. The van der Waals surface area contributed by atoms with E-state index >= 15 is 0 Å². The number of hydrogen-bond donors (Lipinski definition) is 1. The Hall–Kier alpha value is -3.78. The zero-order valence-electron chi connectivity index (χ0n) is 22.9. The topological polar surface area (TPSA) is 129 Å². The largest absolute Gasteiger partial charge is 0.494 e. The maximum absolute atomic E-state index is 13.8. The Kier molecular flexibility index (Phi) is 6.64. The van der Waals surface area contributed by atoms with Gasteiger partial charge in [0.1, 0.15) is 22.7 Å². The first kappa shape index (κ1) is 27.4. The number of sulfonamides is 1. The van der Waals surface area contributed by atoms with Crippen LogP contribution in [0.4, 0.5) is 14.6 Å². The molecule has 6 rings (SSSR count). The molecule has 1 aliphatic heterocycles. The van der Waals surface area contributed by atoms with Gasteiger partial charge in [0.2, 0.25) is 10.0 Å². The second-order valence-corrected chi connectivity index (χ2v) is 12.7. The highest BCUT2D eigenvalue weighted by Crippen LogP contribution is 2.38. The van der Waals surface area contributed by atoms with Gasteiger partial charge in [-0.3, -0.25) is 4.79 Å². The molecule has 2 N–H and O–H groups in total. The second kappa shape index (κ2) is 9.94. The molecule has 2 aliphatic rings. The van der Waals surface area contributed by atoms with E-state index < -0.39 is 16.6 Å². The number of rotatable bonds is 8. The lowest BCUT2D eigenvalue weighted by atomic mass is 10.1. The van der Waals surface area contributed by atoms with Gasteiger partial charge in [0.15, 0.2) is 5.82 Å². The Morgan fingerprint density at radius 2 is 1.95 bits per heavy atom. The highest BCUT2D eigenvalue weighted by molar-refractivity contribution is 7.92. The van der Waals surface area contributed by atoms with Gasteiger partial charge in [0, 0.05) is 43.7 Å². The number of ether oxygens (including phenoxy) is 1. The molecule has 1 aromatic carbocycles. The van der Waals surface area contributed by atoms with E-state index in [1.165, 1.54) is 13.2 Å². The monoisotopic (exact) mass is 587 g/mol. The molecule has 14 heteroatoms. The highest BCUT2D eigenvalue weighted by Gasteiger charge is 2.31. The minimum atomic E-state index is -4.26. The molecule has 0 radical (unpaired) electrons. The third kappa shape index (κ3) is 4.88. The van der Waals surface area contributed by atoms with Crippen molar-refractivity contribution < 1.29 is 26.7 Å². The number of nitrogens with zero attached hydrogens (tertiary/aromatic N) is 6. The molecule has 1 atom stereocenters. The average Bonchev–Trinajstić information content (AvgIpc) is 3.38. The molecular weight excluding hydrogens is 556 g/mol. The molecule has 3 aromatic heterocycles. The van der Waals surface area contributed by atoms with Crippen molar-refractivity contribution >= 4 is 43.8 Å². The molecule has 0 bridgehead atoms. The Morgan fingerprint density at radius 3 is 2.56 bits per heavy atom. The number of likely N-dealkylation sites (tertiary alicyclic amines) is 1.